The van der Waals surface area contributed by atoms with E-state index in [0.717, 1.165) is 28.9 Å². The quantitative estimate of drug-likeness (QED) is 0.288. The van der Waals surface area contributed by atoms with Crippen molar-refractivity contribution in [1.29, 1.82) is 0 Å². The molecular weight excluding hydrogens is 479 g/mol. The van der Waals surface area contributed by atoms with Crippen molar-refractivity contribution in [1.82, 2.24) is 16.0 Å². The third-order valence-electron chi connectivity index (χ3n) is 4.30. The highest BCUT2D eigenvalue weighted by Gasteiger charge is 2.07. The van der Waals surface area contributed by atoms with E-state index in [4.69, 9.17) is 4.74 Å². The number of hydrogen-bond acceptors (Lipinski definition) is 3. The highest BCUT2D eigenvalue weighted by Crippen LogP contribution is 2.19. The maximum absolute atomic E-state index is 12.1. The smallest absolute Gasteiger partial charge is 0.251 e. The molecule has 1 amide bonds. The predicted octanol–water partition coefficient (Wildman–Crippen LogP) is 3.63. The van der Waals surface area contributed by atoms with Crippen molar-refractivity contribution in [3.8, 4) is 5.75 Å². The molecule has 0 aliphatic heterocycles. The van der Waals surface area contributed by atoms with Crippen LogP contribution in [0, 0.1) is 6.92 Å². The summed E-state index contributed by atoms with van der Waals surface area (Å²) in [6.45, 7) is 5.92. The molecule has 0 heterocycles. The molecule has 0 unspecified atom stereocenters. The van der Waals surface area contributed by atoms with E-state index in [1.807, 2.05) is 50.2 Å². The Morgan fingerprint density at radius 3 is 2.52 bits per heavy atom. The number of amides is 1. The second kappa shape index (κ2) is 13.0. The molecule has 2 aromatic carbocycles. The fourth-order valence-corrected chi connectivity index (χ4v) is 2.75. The third kappa shape index (κ3) is 7.92. The van der Waals surface area contributed by atoms with Crippen LogP contribution >= 0.6 is 24.0 Å². The van der Waals surface area contributed by atoms with E-state index in [2.05, 4.69) is 27.0 Å². The first-order chi connectivity index (χ1) is 13.6. The number of rotatable bonds is 8. The van der Waals surface area contributed by atoms with Gasteiger partial charge < -0.3 is 20.7 Å². The van der Waals surface area contributed by atoms with E-state index in [-0.39, 0.29) is 29.9 Å². The average molecular weight is 510 g/mol. The van der Waals surface area contributed by atoms with Crippen molar-refractivity contribution >= 4 is 35.8 Å². The summed E-state index contributed by atoms with van der Waals surface area (Å²) in [4.78, 5) is 16.4. The van der Waals surface area contributed by atoms with Crippen LogP contribution in [-0.2, 0) is 13.1 Å². The number of nitrogens with zero attached hydrogens (tertiary/aromatic N) is 1. The summed E-state index contributed by atoms with van der Waals surface area (Å²) in [7, 11) is 3.41. The molecule has 0 aliphatic carbocycles. The van der Waals surface area contributed by atoms with Gasteiger partial charge in [-0.1, -0.05) is 31.2 Å². The number of methoxy groups -OCH3 is 1. The van der Waals surface area contributed by atoms with Crippen LogP contribution in [0.3, 0.4) is 0 Å². The van der Waals surface area contributed by atoms with Crippen molar-refractivity contribution in [2.75, 3.05) is 20.7 Å². The summed E-state index contributed by atoms with van der Waals surface area (Å²) in [6, 6.07) is 13.7. The molecule has 0 fully saturated rings. The predicted molar refractivity (Wildman–Crippen MR) is 129 cm³/mol. The summed E-state index contributed by atoms with van der Waals surface area (Å²) in [5, 5.41) is 9.47. The number of carbonyl (C=O) groups is 1. The minimum Gasteiger partial charge on any atom is -0.496 e. The minimum absolute atomic E-state index is 0. The number of halogens is 1. The molecule has 2 aromatic rings. The minimum atomic E-state index is -0.0438. The van der Waals surface area contributed by atoms with Crippen molar-refractivity contribution in [3.05, 3.63) is 64.7 Å². The van der Waals surface area contributed by atoms with Gasteiger partial charge in [0.25, 0.3) is 5.91 Å². The number of carbonyl (C=O) groups excluding carboxylic acids is 1. The fourth-order valence-electron chi connectivity index (χ4n) is 2.75. The lowest BCUT2D eigenvalue weighted by Crippen LogP contribution is -2.36. The molecular formula is C22H31IN4O2. The van der Waals surface area contributed by atoms with Crippen molar-refractivity contribution in [2.45, 2.75) is 33.4 Å². The van der Waals surface area contributed by atoms with Gasteiger partial charge in [0.2, 0.25) is 0 Å². The van der Waals surface area contributed by atoms with Crippen LogP contribution in [0.15, 0.2) is 47.5 Å². The van der Waals surface area contributed by atoms with Gasteiger partial charge in [0.15, 0.2) is 5.96 Å². The highest BCUT2D eigenvalue weighted by molar-refractivity contribution is 14.0. The maximum Gasteiger partial charge on any atom is 0.251 e. The second-order valence-electron chi connectivity index (χ2n) is 6.55. The van der Waals surface area contributed by atoms with Gasteiger partial charge >= 0.3 is 0 Å². The Kier molecular flexibility index (Phi) is 11.1. The van der Waals surface area contributed by atoms with Crippen LogP contribution in [0.5, 0.6) is 5.75 Å². The molecule has 3 N–H and O–H groups in total. The number of aliphatic imine (C=N–C) groups is 1. The van der Waals surface area contributed by atoms with Crippen LogP contribution < -0.4 is 20.7 Å². The lowest BCUT2D eigenvalue weighted by atomic mass is 10.1. The standard InChI is InChI=1S/C22H30N4O2.HI/c1-5-11-24-21(27)18-8-6-7-17(13-18)14-25-22(23-3)26-15-19-10-9-16(2)12-20(19)28-4;/h6-10,12-13H,5,11,14-15H2,1-4H3,(H,24,27)(H2,23,25,26);1H. The molecule has 158 valence electrons. The Balaban J connectivity index is 0.00000420. The molecule has 0 aromatic heterocycles. The van der Waals surface area contributed by atoms with E-state index < -0.39 is 0 Å². The van der Waals surface area contributed by atoms with Gasteiger partial charge in [0.1, 0.15) is 5.75 Å². The molecule has 0 aliphatic rings. The zero-order valence-electron chi connectivity index (χ0n) is 17.5. The van der Waals surface area contributed by atoms with Crippen LogP contribution in [0.2, 0.25) is 0 Å². The largest absolute Gasteiger partial charge is 0.496 e. The first-order valence-electron chi connectivity index (χ1n) is 9.52. The first kappa shape index (κ1) is 24.7. The number of ether oxygens (including phenoxy) is 1. The molecule has 29 heavy (non-hydrogen) atoms. The SMILES string of the molecule is CCCNC(=O)c1cccc(CNC(=NC)NCc2ccc(C)cc2OC)c1.I. The Morgan fingerprint density at radius 2 is 1.83 bits per heavy atom. The van der Waals surface area contributed by atoms with Gasteiger partial charge in [0.05, 0.1) is 7.11 Å². The summed E-state index contributed by atoms with van der Waals surface area (Å²) < 4.78 is 5.45. The summed E-state index contributed by atoms with van der Waals surface area (Å²) in [6.07, 6.45) is 0.917. The fraction of sp³-hybridized carbons (Fsp3) is 0.364. The van der Waals surface area contributed by atoms with E-state index in [1.54, 1.807) is 14.2 Å². The van der Waals surface area contributed by atoms with Crippen LogP contribution in [0.4, 0.5) is 0 Å². The van der Waals surface area contributed by atoms with Crippen molar-refractivity contribution < 1.29 is 9.53 Å². The molecule has 0 atom stereocenters. The van der Waals surface area contributed by atoms with Gasteiger partial charge in [-0.25, -0.2) is 0 Å². The van der Waals surface area contributed by atoms with E-state index in [0.29, 0.717) is 31.2 Å². The zero-order valence-corrected chi connectivity index (χ0v) is 19.9. The Labute approximate surface area is 190 Å². The number of hydrogen-bond donors (Lipinski definition) is 3. The van der Waals surface area contributed by atoms with Crippen molar-refractivity contribution in [2.24, 2.45) is 4.99 Å². The molecule has 0 saturated carbocycles. The van der Waals surface area contributed by atoms with Crippen LogP contribution in [0.1, 0.15) is 40.4 Å². The molecule has 7 heteroatoms. The normalized spacial score (nSPS) is 10.7. The summed E-state index contributed by atoms with van der Waals surface area (Å²) >= 11 is 0. The highest BCUT2D eigenvalue weighted by atomic mass is 127. The first-order valence-corrected chi connectivity index (χ1v) is 9.52. The second-order valence-corrected chi connectivity index (χ2v) is 6.55. The molecule has 0 bridgehead atoms. The van der Waals surface area contributed by atoms with Crippen LogP contribution in [0.25, 0.3) is 0 Å². The third-order valence-corrected chi connectivity index (χ3v) is 4.30. The Morgan fingerprint density at radius 1 is 1.07 bits per heavy atom. The molecule has 0 spiro atoms. The molecule has 2 rings (SSSR count). The number of guanidine groups is 1. The number of benzene rings is 2. The van der Waals surface area contributed by atoms with E-state index >= 15 is 0 Å². The van der Waals surface area contributed by atoms with Gasteiger partial charge in [-0.2, -0.15) is 0 Å². The molecule has 6 nitrogen and oxygen atoms in total. The van der Waals surface area contributed by atoms with Crippen molar-refractivity contribution in [3.63, 3.8) is 0 Å². The van der Waals surface area contributed by atoms with Gasteiger partial charge in [-0.15, -0.1) is 24.0 Å². The average Bonchev–Trinajstić information content (AvgIpc) is 2.72. The van der Waals surface area contributed by atoms with Gasteiger partial charge in [0, 0.05) is 37.8 Å². The Bertz CT molecular complexity index is 824. The monoisotopic (exact) mass is 510 g/mol. The van der Waals surface area contributed by atoms with Crippen LogP contribution in [-0.4, -0.2) is 32.6 Å². The van der Waals surface area contributed by atoms with E-state index in [1.165, 1.54) is 0 Å². The summed E-state index contributed by atoms with van der Waals surface area (Å²) in [5.41, 5.74) is 3.90. The Hall–Kier alpha value is -2.29. The molecule has 0 radical (unpaired) electrons. The zero-order chi connectivity index (χ0) is 20.4. The topological polar surface area (TPSA) is 74.8 Å². The lowest BCUT2D eigenvalue weighted by Gasteiger charge is -2.14. The number of nitrogens with one attached hydrogen (secondary N) is 3. The molecule has 0 saturated heterocycles. The van der Waals surface area contributed by atoms with E-state index in [9.17, 15) is 4.79 Å². The lowest BCUT2D eigenvalue weighted by molar-refractivity contribution is 0.0953. The van der Waals surface area contributed by atoms with Gasteiger partial charge in [-0.05, 0) is 42.7 Å². The van der Waals surface area contributed by atoms with Gasteiger partial charge in [-0.3, -0.25) is 9.79 Å². The summed E-state index contributed by atoms with van der Waals surface area (Å²) in [5.74, 6) is 1.50. The number of aryl methyl sites for hydroxylation is 1. The maximum atomic E-state index is 12.1.